The van der Waals surface area contributed by atoms with Crippen LogP contribution in [0.2, 0.25) is 0 Å². The molecule has 1 atom stereocenters. The lowest BCUT2D eigenvalue weighted by Gasteiger charge is -2.07. The first-order valence-corrected chi connectivity index (χ1v) is 5.60. The number of sulfone groups is 1. The minimum atomic E-state index is -2.73. The van der Waals surface area contributed by atoms with Crippen LogP contribution >= 0.6 is 0 Å². The zero-order valence-corrected chi connectivity index (χ0v) is 7.23. The van der Waals surface area contributed by atoms with Crippen molar-refractivity contribution in [3.8, 4) is 0 Å². The molecule has 0 aromatic carbocycles. The summed E-state index contributed by atoms with van der Waals surface area (Å²) < 4.78 is 21.9. The van der Waals surface area contributed by atoms with Gasteiger partial charge in [-0.2, -0.15) is 0 Å². The number of hydrogen-bond acceptors (Lipinski definition) is 4. The van der Waals surface area contributed by atoms with Gasteiger partial charge in [0.1, 0.15) is 0 Å². The number of nitrogens with two attached hydrogens (primary N) is 1. The van der Waals surface area contributed by atoms with E-state index in [1.165, 1.54) is 0 Å². The Kier molecular flexibility index (Phi) is 2.86. The third kappa shape index (κ3) is 2.76. The lowest BCUT2D eigenvalue weighted by molar-refractivity contribution is 0.561. The molecule has 1 saturated heterocycles. The van der Waals surface area contributed by atoms with Crippen LogP contribution in [-0.4, -0.2) is 39.1 Å². The van der Waals surface area contributed by atoms with Crippen molar-refractivity contribution in [2.75, 3.05) is 24.6 Å². The highest BCUT2D eigenvalue weighted by atomic mass is 32.2. The highest BCUT2D eigenvalue weighted by molar-refractivity contribution is 7.91. The summed E-state index contributed by atoms with van der Waals surface area (Å²) in [6, 6.07) is 0.142. The van der Waals surface area contributed by atoms with Crippen LogP contribution in [0.4, 0.5) is 0 Å². The molecule has 0 bridgehead atoms. The van der Waals surface area contributed by atoms with E-state index in [1.807, 2.05) is 0 Å². The minimum Gasteiger partial charge on any atom is -0.329 e. The summed E-state index contributed by atoms with van der Waals surface area (Å²) in [4.78, 5) is 0. The van der Waals surface area contributed by atoms with Gasteiger partial charge in [0.2, 0.25) is 0 Å². The average Bonchev–Trinajstić information content (AvgIpc) is 2.26. The van der Waals surface area contributed by atoms with Gasteiger partial charge >= 0.3 is 0 Å². The Labute approximate surface area is 67.1 Å². The summed E-state index contributed by atoms with van der Waals surface area (Å²) in [6.07, 6.45) is 0.738. The van der Waals surface area contributed by atoms with E-state index >= 15 is 0 Å². The molecule has 0 spiro atoms. The maximum Gasteiger partial charge on any atom is 0.151 e. The van der Waals surface area contributed by atoms with Gasteiger partial charge in [-0.25, -0.2) is 8.42 Å². The molecular formula is C6H14N2O2S. The zero-order valence-electron chi connectivity index (χ0n) is 6.41. The Morgan fingerprint density at radius 2 is 2.27 bits per heavy atom. The van der Waals surface area contributed by atoms with Crippen LogP contribution in [0.15, 0.2) is 0 Å². The van der Waals surface area contributed by atoms with Crippen LogP contribution in [0, 0.1) is 0 Å². The average molecular weight is 178 g/mol. The molecule has 4 nitrogen and oxygen atoms in total. The first-order chi connectivity index (χ1) is 5.14. The molecule has 0 aliphatic carbocycles. The van der Waals surface area contributed by atoms with E-state index in [1.54, 1.807) is 0 Å². The molecular weight excluding hydrogens is 164 g/mol. The normalized spacial score (nSPS) is 29.0. The Morgan fingerprint density at radius 3 is 2.73 bits per heavy atom. The molecule has 0 aromatic heterocycles. The van der Waals surface area contributed by atoms with E-state index in [0.717, 1.165) is 6.42 Å². The molecule has 0 radical (unpaired) electrons. The molecule has 0 saturated carbocycles. The fourth-order valence-corrected chi connectivity index (χ4v) is 2.95. The monoisotopic (exact) mass is 178 g/mol. The number of hydrogen-bond donors (Lipinski definition) is 2. The van der Waals surface area contributed by atoms with E-state index in [4.69, 9.17) is 5.73 Å². The quantitative estimate of drug-likeness (QED) is 0.565. The fraction of sp³-hybridized carbons (Fsp3) is 1.00. The number of nitrogens with one attached hydrogen (secondary N) is 1. The topological polar surface area (TPSA) is 72.2 Å². The summed E-state index contributed by atoms with van der Waals surface area (Å²) in [5.74, 6) is 0.613. The summed E-state index contributed by atoms with van der Waals surface area (Å²) in [6.45, 7) is 1.27. The van der Waals surface area contributed by atoms with Crippen molar-refractivity contribution in [2.24, 2.45) is 5.73 Å². The van der Waals surface area contributed by atoms with Crippen molar-refractivity contribution >= 4 is 9.84 Å². The van der Waals surface area contributed by atoms with E-state index in [-0.39, 0.29) is 11.8 Å². The predicted octanol–water partition coefficient (Wildman–Crippen LogP) is -1.28. The summed E-state index contributed by atoms with van der Waals surface area (Å²) in [5.41, 5.74) is 5.26. The van der Waals surface area contributed by atoms with Crippen LogP contribution in [0.1, 0.15) is 6.42 Å². The van der Waals surface area contributed by atoms with Crippen LogP contribution < -0.4 is 11.1 Å². The highest BCUT2D eigenvalue weighted by Crippen LogP contribution is 2.10. The second-order valence-corrected chi connectivity index (χ2v) is 5.07. The van der Waals surface area contributed by atoms with Gasteiger partial charge in [0, 0.05) is 19.1 Å². The van der Waals surface area contributed by atoms with Gasteiger partial charge in [0.25, 0.3) is 0 Å². The molecule has 66 valence electrons. The van der Waals surface area contributed by atoms with Gasteiger partial charge in [0.05, 0.1) is 11.5 Å². The van der Waals surface area contributed by atoms with Crippen molar-refractivity contribution in [1.29, 1.82) is 0 Å². The first kappa shape index (κ1) is 8.96. The lowest BCUT2D eigenvalue weighted by Crippen LogP contribution is -2.33. The molecule has 5 heteroatoms. The molecule has 0 amide bonds. The molecule has 1 aliphatic rings. The third-order valence-electron chi connectivity index (χ3n) is 1.81. The third-order valence-corrected chi connectivity index (χ3v) is 3.58. The minimum absolute atomic E-state index is 0.142. The van der Waals surface area contributed by atoms with Gasteiger partial charge in [-0.05, 0) is 6.42 Å². The summed E-state index contributed by atoms with van der Waals surface area (Å²) in [7, 11) is -2.73. The largest absolute Gasteiger partial charge is 0.329 e. The van der Waals surface area contributed by atoms with Crippen molar-refractivity contribution in [1.82, 2.24) is 5.32 Å². The first-order valence-electron chi connectivity index (χ1n) is 3.78. The van der Waals surface area contributed by atoms with Gasteiger partial charge < -0.3 is 11.1 Å². The van der Waals surface area contributed by atoms with Crippen LogP contribution in [-0.2, 0) is 9.84 Å². The summed E-state index contributed by atoms with van der Waals surface area (Å²) >= 11 is 0. The van der Waals surface area contributed by atoms with Gasteiger partial charge in [-0.15, -0.1) is 0 Å². The highest BCUT2D eigenvalue weighted by Gasteiger charge is 2.26. The van der Waals surface area contributed by atoms with E-state index < -0.39 is 9.84 Å². The SMILES string of the molecule is NCCN[C@@H]1CCS(=O)(=O)C1. The molecule has 1 heterocycles. The van der Waals surface area contributed by atoms with Gasteiger partial charge in [0.15, 0.2) is 9.84 Å². The Balaban J connectivity index is 2.31. The molecule has 1 fully saturated rings. The summed E-state index contributed by atoms with van der Waals surface area (Å²) in [5, 5.41) is 3.08. The second-order valence-electron chi connectivity index (χ2n) is 2.84. The van der Waals surface area contributed by atoms with Crippen molar-refractivity contribution < 1.29 is 8.42 Å². The van der Waals surface area contributed by atoms with Crippen LogP contribution in [0.25, 0.3) is 0 Å². The molecule has 1 aliphatic heterocycles. The zero-order chi connectivity index (χ0) is 8.32. The van der Waals surface area contributed by atoms with Crippen LogP contribution in [0.3, 0.4) is 0 Å². The Morgan fingerprint density at radius 1 is 1.55 bits per heavy atom. The fourth-order valence-electron chi connectivity index (χ4n) is 1.24. The Hall–Kier alpha value is -0.130. The van der Waals surface area contributed by atoms with Crippen molar-refractivity contribution in [3.05, 3.63) is 0 Å². The molecule has 1 rings (SSSR count). The van der Waals surface area contributed by atoms with Crippen LogP contribution in [0.5, 0.6) is 0 Å². The van der Waals surface area contributed by atoms with E-state index in [0.29, 0.717) is 18.8 Å². The Bertz CT molecular complexity index is 213. The predicted molar refractivity (Wildman–Crippen MR) is 44.1 cm³/mol. The molecule has 0 aromatic rings. The van der Waals surface area contributed by atoms with Crippen molar-refractivity contribution in [3.63, 3.8) is 0 Å². The van der Waals surface area contributed by atoms with E-state index in [2.05, 4.69) is 5.32 Å². The molecule has 11 heavy (non-hydrogen) atoms. The maximum atomic E-state index is 10.9. The number of rotatable bonds is 3. The molecule has 0 unspecified atom stereocenters. The maximum absolute atomic E-state index is 10.9. The van der Waals surface area contributed by atoms with Gasteiger partial charge in [-0.3, -0.25) is 0 Å². The smallest absolute Gasteiger partial charge is 0.151 e. The van der Waals surface area contributed by atoms with Crippen molar-refractivity contribution in [2.45, 2.75) is 12.5 Å². The van der Waals surface area contributed by atoms with Gasteiger partial charge in [-0.1, -0.05) is 0 Å². The second kappa shape index (κ2) is 3.51. The lowest BCUT2D eigenvalue weighted by atomic mass is 10.3. The van der Waals surface area contributed by atoms with E-state index in [9.17, 15) is 8.42 Å². The standard InChI is InChI=1S/C6H14N2O2S/c7-2-3-8-6-1-4-11(9,10)5-6/h6,8H,1-5,7H2/t6-/m1/s1. The molecule has 3 N–H and O–H groups in total.